The van der Waals surface area contributed by atoms with E-state index in [-0.39, 0.29) is 11.9 Å². The van der Waals surface area contributed by atoms with Crippen LogP contribution in [0.25, 0.3) is 0 Å². The number of benzene rings is 2. The Kier molecular flexibility index (Phi) is 5.33. The molecule has 1 aliphatic heterocycles. The molecule has 1 amide bonds. The molecule has 0 N–H and O–H groups in total. The van der Waals surface area contributed by atoms with Crippen LogP contribution in [-0.4, -0.2) is 25.1 Å². The zero-order valence-electron chi connectivity index (χ0n) is 14.2. The number of carbonyl (C=O) groups is 2. The second kappa shape index (κ2) is 7.83. The predicted octanol–water partition coefficient (Wildman–Crippen LogP) is 3.57. The SMILES string of the molecule is CCOC(=O)CCCOc1cccc2c1CN(c1ccccc1)C2=O. The maximum Gasteiger partial charge on any atom is 0.305 e. The third-order valence-corrected chi connectivity index (χ3v) is 4.08. The highest BCUT2D eigenvalue weighted by molar-refractivity contribution is 6.10. The van der Waals surface area contributed by atoms with E-state index in [1.165, 1.54) is 0 Å². The molecule has 0 spiro atoms. The third-order valence-electron chi connectivity index (χ3n) is 4.08. The normalized spacial score (nSPS) is 12.8. The summed E-state index contributed by atoms with van der Waals surface area (Å²) < 4.78 is 10.7. The van der Waals surface area contributed by atoms with Crippen molar-refractivity contribution in [2.75, 3.05) is 18.1 Å². The Morgan fingerprint density at radius 2 is 1.92 bits per heavy atom. The van der Waals surface area contributed by atoms with Crippen LogP contribution in [0.15, 0.2) is 48.5 Å². The van der Waals surface area contributed by atoms with E-state index in [0.29, 0.717) is 43.9 Å². The zero-order chi connectivity index (χ0) is 17.6. The van der Waals surface area contributed by atoms with Gasteiger partial charge in [0.2, 0.25) is 0 Å². The van der Waals surface area contributed by atoms with Crippen molar-refractivity contribution in [3.05, 3.63) is 59.7 Å². The van der Waals surface area contributed by atoms with Gasteiger partial charge in [-0.25, -0.2) is 0 Å². The van der Waals surface area contributed by atoms with E-state index in [4.69, 9.17) is 9.47 Å². The van der Waals surface area contributed by atoms with Gasteiger partial charge in [-0.2, -0.15) is 0 Å². The first-order chi connectivity index (χ1) is 12.2. The number of amides is 1. The second-order valence-electron chi connectivity index (χ2n) is 5.77. The number of ether oxygens (including phenoxy) is 2. The molecule has 2 aromatic rings. The summed E-state index contributed by atoms with van der Waals surface area (Å²) in [6, 6.07) is 15.1. The molecule has 1 aliphatic rings. The number of para-hydroxylation sites is 1. The first kappa shape index (κ1) is 17.0. The van der Waals surface area contributed by atoms with E-state index < -0.39 is 0 Å². The lowest BCUT2D eigenvalue weighted by atomic mass is 10.1. The monoisotopic (exact) mass is 339 g/mol. The van der Waals surface area contributed by atoms with Crippen molar-refractivity contribution in [2.24, 2.45) is 0 Å². The number of fused-ring (bicyclic) bond motifs is 1. The molecule has 5 heteroatoms. The molecule has 5 nitrogen and oxygen atoms in total. The van der Waals surface area contributed by atoms with Crippen molar-refractivity contribution < 1.29 is 19.1 Å². The number of hydrogen-bond acceptors (Lipinski definition) is 4. The Hall–Kier alpha value is -2.82. The van der Waals surface area contributed by atoms with Gasteiger partial charge in [-0.1, -0.05) is 24.3 Å². The molecule has 0 radical (unpaired) electrons. The van der Waals surface area contributed by atoms with Gasteiger partial charge in [-0.3, -0.25) is 9.59 Å². The van der Waals surface area contributed by atoms with E-state index in [2.05, 4.69) is 0 Å². The zero-order valence-corrected chi connectivity index (χ0v) is 14.2. The van der Waals surface area contributed by atoms with Crippen LogP contribution < -0.4 is 9.64 Å². The average Bonchev–Trinajstić information content (AvgIpc) is 2.97. The smallest absolute Gasteiger partial charge is 0.305 e. The summed E-state index contributed by atoms with van der Waals surface area (Å²) in [6.07, 6.45) is 0.913. The Labute approximate surface area is 147 Å². The molecular formula is C20H21NO4. The van der Waals surface area contributed by atoms with Crippen LogP contribution in [-0.2, 0) is 16.1 Å². The summed E-state index contributed by atoms with van der Waals surface area (Å²) in [6.45, 7) is 3.08. The van der Waals surface area contributed by atoms with E-state index in [1.807, 2.05) is 48.5 Å². The predicted molar refractivity (Wildman–Crippen MR) is 94.8 cm³/mol. The van der Waals surface area contributed by atoms with Crippen molar-refractivity contribution in [2.45, 2.75) is 26.3 Å². The van der Waals surface area contributed by atoms with Crippen molar-refractivity contribution in [1.29, 1.82) is 0 Å². The van der Waals surface area contributed by atoms with E-state index >= 15 is 0 Å². The van der Waals surface area contributed by atoms with Crippen LogP contribution in [0.4, 0.5) is 5.69 Å². The van der Waals surface area contributed by atoms with E-state index in [1.54, 1.807) is 11.8 Å². The van der Waals surface area contributed by atoms with Crippen LogP contribution in [0.2, 0.25) is 0 Å². The highest BCUT2D eigenvalue weighted by Gasteiger charge is 2.30. The molecule has 0 bridgehead atoms. The molecule has 2 aromatic carbocycles. The van der Waals surface area contributed by atoms with Gasteiger partial charge >= 0.3 is 5.97 Å². The second-order valence-corrected chi connectivity index (χ2v) is 5.77. The lowest BCUT2D eigenvalue weighted by molar-refractivity contribution is -0.143. The van der Waals surface area contributed by atoms with Gasteiger partial charge in [0, 0.05) is 23.2 Å². The van der Waals surface area contributed by atoms with Crippen LogP contribution in [0.1, 0.15) is 35.7 Å². The highest BCUT2D eigenvalue weighted by atomic mass is 16.5. The molecule has 0 saturated carbocycles. The maximum absolute atomic E-state index is 12.6. The van der Waals surface area contributed by atoms with Gasteiger partial charge in [-0.15, -0.1) is 0 Å². The largest absolute Gasteiger partial charge is 0.493 e. The van der Waals surface area contributed by atoms with Crippen LogP contribution >= 0.6 is 0 Å². The minimum Gasteiger partial charge on any atom is -0.493 e. The molecule has 0 aromatic heterocycles. The van der Waals surface area contributed by atoms with Gasteiger partial charge in [0.25, 0.3) is 5.91 Å². The fraction of sp³-hybridized carbons (Fsp3) is 0.300. The minimum atomic E-state index is -0.213. The number of hydrogen-bond donors (Lipinski definition) is 0. The summed E-state index contributed by atoms with van der Waals surface area (Å²) in [4.78, 5) is 25.8. The number of nitrogens with zero attached hydrogens (tertiary/aromatic N) is 1. The summed E-state index contributed by atoms with van der Waals surface area (Å²) in [5.41, 5.74) is 2.44. The van der Waals surface area contributed by atoms with E-state index in [0.717, 1.165) is 11.3 Å². The van der Waals surface area contributed by atoms with Crippen molar-refractivity contribution in [1.82, 2.24) is 0 Å². The fourth-order valence-electron chi connectivity index (χ4n) is 2.89. The highest BCUT2D eigenvalue weighted by Crippen LogP contribution is 2.33. The molecular weight excluding hydrogens is 318 g/mol. The van der Waals surface area contributed by atoms with Crippen LogP contribution in [0.3, 0.4) is 0 Å². The Balaban J connectivity index is 1.66. The topological polar surface area (TPSA) is 55.8 Å². The third kappa shape index (κ3) is 3.82. The standard InChI is InChI=1S/C20H21NO4/c1-2-24-19(22)12-7-13-25-18-11-6-10-16-17(18)14-21(20(16)23)15-8-4-3-5-9-15/h3-6,8-11H,2,7,12-14H2,1H3. The van der Waals surface area contributed by atoms with E-state index in [9.17, 15) is 9.59 Å². The molecule has 1 heterocycles. The average molecular weight is 339 g/mol. The summed E-state index contributed by atoms with van der Waals surface area (Å²) in [7, 11) is 0. The van der Waals surface area contributed by atoms with Gasteiger partial charge < -0.3 is 14.4 Å². The molecule has 0 aliphatic carbocycles. The first-order valence-electron chi connectivity index (χ1n) is 8.48. The first-order valence-corrected chi connectivity index (χ1v) is 8.48. The van der Waals surface area contributed by atoms with Gasteiger partial charge in [0.15, 0.2) is 0 Å². The van der Waals surface area contributed by atoms with Crippen molar-refractivity contribution in [3.63, 3.8) is 0 Å². The minimum absolute atomic E-state index is 0.0156. The summed E-state index contributed by atoms with van der Waals surface area (Å²) >= 11 is 0. The Morgan fingerprint density at radius 3 is 2.68 bits per heavy atom. The molecule has 0 fully saturated rings. The molecule has 3 rings (SSSR count). The molecule has 25 heavy (non-hydrogen) atoms. The van der Waals surface area contributed by atoms with Crippen LogP contribution in [0.5, 0.6) is 5.75 Å². The Bertz CT molecular complexity index is 758. The van der Waals surface area contributed by atoms with Crippen molar-refractivity contribution >= 4 is 17.6 Å². The molecule has 130 valence electrons. The number of esters is 1. The lowest BCUT2D eigenvalue weighted by Crippen LogP contribution is -2.22. The quantitative estimate of drug-likeness (QED) is 0.572. The van der Waals surface area contributed by atoms with Gasteiger partial charge in [-0.05, 0) is 37.6 Å². The van der Waals surface area contributed by atoms with Gasteiger partial charge in [0.1, 0.15) is 5.75 Å². The number of anilines is 1. The fourth-order valence-corrected chi connectivity index (χ4v) is 2.89. The number of carbonyl (C=O) groups excluding carboxylic acids is 2. The van der Waals surface area contributed by atoms with Crippen LogP contribution in [0, 0.1) is 0 Å². The van der Waals surface area contributed by atoms with Crippen molar-refractivity contribution in [3.8, 4) is 5.75 Å². The molecule has 0 saturated heterocycles. The maximum atomic E-state index is 12.6. The lowest BCUT2D eigenvalue weighted by Gasteiger charge is -2.15. The molecule has 0 atom stereocenters. The summed E-state index contributed by atoms with van der Waals surface area (Å²) in [5.74, 6) is 0.473. The molecule has 0 unspecified atom stereocenters. The summed E-state index contributed by atoms with van der Waals surface area (Å²) in [5, 5.41) is 0. The number of rotatable bonds is 7. The van der Waals surface area contributed by atoms with Gasteiger partial charge in [0.05, 0.1) is 19.8 Å². The Morgan fingerprint density at radius 1 is 1.12 bits per heavy atom.